The molecule has 0 amide bonds. The Balaban J connectivity index is 1.76. The average Bonchev–Trinajstić information content (AvgIpc) is 2.54. The van der Waals surface area contributed by atoms with Crippen LogP contribution in [0.3, 0.4) is 0 Å². The van der Waals surface area contributed by atoms with E-state index >= 15 is 0 Å². The summed E-state index contributed by atoms with van der Waals surface area (Å²) in [6.07, 6.45) is 12.6. The van der Waals surface area contributed by atoms with Gasteiger partial charge in [0.25, 0.3) is 0 Å². The van der Waals surface area contributed by atoms with Gasteiger partial charge in [-0.05, 0) is 49.8 Å². The fourth-order valence-electron chi connectivity index (χ4n) is 4.16. The smallest absolute Gasteiger partial charge is 0.0686 e. The lowest BCUT2D eigenvalue weighted by atomic mass is 9.73. The minimum atomic E-state index is 0.162. The molecule has 2 unspecified atom stereocenters. The highest BCUT2D eigenvalue weighted by Gasteiger charge is 2.40. The van der Waals surface area contributed by atoms with Gasteiger partial charge in [-0.25, -0.2) is 0 Å². The van der Waals surface area contributed by atoms with Crippen LogP contribution < -0.4 is 5.32 Å². The summed E-state index contributed by atoms with van der Waals surface area (Å²) in [6.45, 7) is 4.07. The van der Waals surface area contributed by atoms with E-state index < -0.39 is 0 Å². The van der Waals surface area contributed by atoms with E-state index in [2.05, 4.69) is 28.5 Å². The van der Waals surface area contributed by atoms with Crippen molar-refractivity contribution in [3.05, 3.63) is 24.0 Å². The summed E-state index contributed by atoms with van der Waals surface area (Å²) < 4.78 is 6.25. The normalized spacial score (nSPS) is 26.6. The van der Waals surface area contributed by atoms with Crippen molar-refractivity contribution in [2.24, 2.45) is 5.92 Å². The first-order valence-electron chi connectivity index (χ1n) is 8.47. The molecule has 0 radical (unpaired) electrons. The molecule has 116 valence electrons. The number of aromatic nitrogens is 2. The summed E-state index contributed by atoms with van der Waals surface area (Å²) in [5.74, 6) is 0.640. The molecule has 1 saturated carbocycles. The molecule has 2 heterocycles. The van der Waals surface area contributed by atoms with Crippen LogP contribution in [-0.2, 0) is 4.74 Å². The molecule has 3 rings (SSSR count). The van der Waals surface area contributed by atoms with E-state index in [1.807, 2.05) is 6.20 Å². The van der Waals surface area contributed by atoms with Crippen molar-refractivity contribution >= 4 is 0 Å². The van der Waals surface area contributed by atoms with Gasteiger partial charge in [-0.3, -0.25) is 0 Å². The second kappa shape index (κ2) is 6.84. The first kappa shape index (κ1) is 14.9. The van der Waals surface area contributed by atoms with Crippen molar-refractivity contribution in [2.45, 2.75) is 63.5 Å². The lowest BCUT2D eigenvalue weighted by molar-refractivity contribution is -0.122. The maximum Gasteiger partial charge on any atom is 0.0686 e. The average molecular weight is 289 g/mol. The van der Waals surface area contributed by atoms with E-state index in [-0.39, 0.29) is 5.60 Å². The highest BCUT2D eigenvalue weighted by molar-refractivity contribution is 5.14. The molecule has 4 heteroatoms. The quantitative estimate of drug-likeness (QED) is 0.924. The monoisotopic (exact) mass is 289 g/mol. The van der Waals surface area contributed by atoms with Crippen molar-refractivity contribution in [3.8, 4) is 0 Å². The summed E-state index contributed by atoms with van der Waals surface area (Å²) in [6, 6.07) is 2.48. The van der Waals surface area contributed by atoms with Crippen LogP contribution in [0.2, 0.25) is 0 Å². The Morgan fingerprint density at radius 1 is 1.33 bits per heavy atom. The maximum absolute atomic E-state index is 6.25. The maximum atomic E-state index is 6.25. The number of nitrogens with zero attached hydrogens (tertiary/aromatic N) is 2. The summed E-state index contributed by atoms with van der Waals surface area (Å²) in [7, 11) is 0. The molecule has 2 atom stereocenters. The van der Waals surface area contributed by atoms with Gasteiger partial charge in [-0.15, -0.1) is 0 Å². The Hall–Kier alpha value is -1.00. The lowest BCUT2D eigenvalue weighted by Gasteiger charge is -2.45. The zero-order valence-electron chi connectivity index (χ0n) is 13.1. The van der Waals surface area contributed by atoms with Crippen molar-refractivity contribution in [2.75, 3.05) is 13.2 Å². The van der Waals surface area contributed by atoms with E-state index in [9.17, 15) is 0 Å². The molecule has 21 heavy (non-hydrogen) atoms. The van der Waals surface area contributed by atoms with E-state index in [1.165, 1.54) is 44.1 Å². The first-order valence-corrected chi connectivity index (χ1v) is 8.47. The molecule has 2 aliphatic rings. The predicted molar refractivity (Wildman–Crippen MR) is 82.9 cm³/mol. The molecule has 4 nitrogen and oxygen atoms in total. The van der Waals surface area contributed by atoms with Crippen LogP contribution in [0.5, 0.6) is 0 Å². The van der Waals surface area contributed by atoms with Gasteiger partial charge in [0.2, 0.25) is 0 Å². The Labute approximate surface area is 127 Å². The summed E-state index contributed by atoms with van der Waals surface area (Å²) in [4.78, 5) is 0. The third-order valence-electron chi connectivity index (χ3n) is 5.16. The zero-order chi connectivity index (χ0) is 14.5. The Bertz CT molecular complexity index is 425. The van der Waals surface area contributed by atoms with Gasteiger partial charge < -0.3 is 10.1 Å². The number of rotatable bonds is 4. The van der Waals surface area contributed by atoms with Crippen molar-refractivity contribution in [1.29, 1.82) is 0 Å². The van der Waals surface area contributed by atoms with Gasteiger partial charge in [-0.2, -0.15) is 10.2 Å². The third-order valence-corrected chi connectivity index (χ3v) is 5.16. The van der Waals surface area contributed by atoms with Crippen molar-refractivity contribution in [1.82, 2.24) is 15.5 Å². The molecule has 1 aliphatic carbocycles. The molecule has 2 fully saturated rings. The second-order valence-corrected chi connectivity index (χ2v) is 6.56. The van der Waals surface area contributed by atoms with Gasteiger partial charge in [0.15, 0.2) is 0 Å². The Morgan fingerprint density at radius 2 is 2.19 bits per heavy atom. The van der Waals surface area contributed by atoms with Gasteiger partial charge in [-0.1, -0.05) is 26.2 Å². The number of hydrogen-bond acceptors (Lipinski definition) is 4. The molecule has 0 bridgehead atoms. The molecule has 1 saturated heterocycles. The van der Waals surface area contributed by atoms with Crippen molar-refractivity contribution in [3.63, 3.8) is 0 Å². The summed E-state index contributed by atoms with van der Waals surface area (Å²) >= 11 is 0. The van der Waals surface area contributed by atoms with E-state index in [0.717, 1.165) is 19.6 Å². The van der Waals surface area contributed by atoms with E-state index in [4.69, 9.17) is 4.74 Å². The standard InChI is InChI=1S/C17H27N3O/c1-2-18-16(15-6-10-19-20-13-15)14-7-11-21-17(12-14)8-4-3-5-9-17/h6,10,13-14,16,18H,2-5,7-9,11-12H2,1H3. The summed E-state index contributed by atoms with van der Waals surface area (Å²) in [5, 5.41) is 11.6. The Morgan fingerprint density at radius 3 is 2.90 bits per heavy atom. The molecule has 1 N–H and O–H groups in total. The minimum Gasteiger partial charge on any atom is -0.375 e. The topological polar surface area (TPSA) is 47.0 Å². The predicted octanol–water partition coefficient (Wildman–Crippen LogP) is 3.26. The molecule has 1 aromatic heterocycles. The molecular weight excluding hydrogens is 262 g/mol. The number of hydrogen-bond donors (Lipinski definition) is 1. The highest BCUT2D eigenvalue weighted by atomic mass is 16.5. The SMILES string of the molecule is CCNC(c1ccnnc1)C1CCOC2(CCCCC2)C1. The third kappa shape index (κ3) is 3.43. The molecule has 0 aromatic carbocycles. The van der Waals surface area contributed by atoms with Crippen LogP contribution >= 0.6 is 0 Å². The fraction of sp³-hybridized carbons (Fsp3) is 0.765. The van der Waals surface area contributed by atoms with Crippen LogP contribution in [0, 0.1) is 5.92 Å². The molecule has 1 aliphatic heterocycles. The summed E-state index contributed by atoms with van der Waals surface area (Å²) in [5.41, 5.74) is 1.43. The first-order chi connectivity index (χ1) is 10.3. The van der Waals surface area contributed by atoms with Crippen molar-refractivity contribution < 1.29 is 4.74 Å². The van der Waals surface area contributed by atoms with Crippen LogP contribution in [0.15, 0.2) is 18.5 Å². The van der Waals surface area contributed by atoms with Crippen LogP contribution in [0.4, 0.5) is 0 Å². The van der Waals surface area contributed by atoms with Gasteiger partial charge in [0.1, 0.15) is 0 Å². The van der Waals surface area contributed by atoms with Gasteiger partial charge >= 0.3 is 0 Å². The van der Waals surface area contributed by atoms with Gasteiger partial charge in [0, 0.05) is 18.8 Å². The number of nitrogens with one attached hydrogen (secondary N) is 1. The second-order valence-electron chi connectivity index (χ2n) is 6.56. The van der Waals surface area contributed by atoms with Crippen LogP contribution in [0.1, 0.15) is 63.5 Å². The largest absolute Gasteiger partial charge is 0.375 e. The zero-order valence-corrected chi connectivity index (χ0v) is 13.1. The van der Waals surface area contributed by atoms with E-state index in [1.54, 1.807) is 6.20 Å². The van der Waals surface area contributed by atoms with Gasteiger partial charge in [0.05, 0.1) is 11.8 Å². The fourth-order valence-corrected chi connectivity index (χ4v) is 4.16. The lowest BCUT2D eigenvalue weighted by Crippen LogP contribution is -2.44. The van der Waals surface area contributed by atoms with Crippen LogP contribution in [-0.4, -0.2) is 29.0 Å². The molecule has 1 spiro atoms. The minimum absolute atomic E-state index is 0.162. The Kier molecular flexibility index (Phi) is 4.86. The highest BCUT2D eigenvalue weighted by Crippen LogP contribution is 2.44. The molecular formula is C17H27N3O. The van der Waals surface area contributed by atoms with E-state index in [0.29, 0.717) is 12.0 Å². The van der Waals surface area contributed by atoms with Crippen LogP contribution in [0.25, 0.3) is 0 Å². The number of ether oxygens (including phenoxy) is 1. The molecule has 1 aromatic rings.